The first-order chi connectivity index (χ1) is 11.7. The molecular formula is C21H19NO2. The van der Waals surface area contributed by atoms with Crippen LogP contribution in [0.15, 0.2) is 72.8 Å². The fourth-order valence-electron chi connectivity index (χ4n) is 2.42. The molecule has 0 amide bonds. The number of methoxy groups -OCH3 is 1. The monoisotopic (exact) mass is 317 g/mol. The lowest BCUT2D eigenvalue weighted by molar-refractivity contribution is 0.103. The van der Waals surface area contributed by atoms with Gasteiger partial charge in [-0.3, -0.25) is 4.79 Å². The molecule has 0 heterocycles. The van der Waals surface area contributed by atoms with Crippen LogP contribution in [0.1, 0.15) is 21.5 Å². The molecule has 24 heavy (non-hydrogen) atoms. The molecule has 0 unspecified atom stereocenters. The van der Waals surface area contributed by atoms with Crippen molar-refractivity contribution in [3.63, 3.8) is 0 Å². The summed E-state index contributed by atoms with van der Waals surface area (Å²) in [4.78, 5) is 12.5. The van der Waals surface area contributed by atoms with Crippen LogP contribution in [0, 0.1) is 6.92 Å². The SMILES string of the molecule is COc1ccc(C(=O)c2ccc(Nc3ccc(C)cc3)cc2)cc1. The fourth-order valence-corrected chi connectivity index (χ4v) is 2.42. The van der Waals surface area contributed by atoms with Crippen LogP contribution < -0.4 is 10.1 Å². The highest BCUT2D eigenvalue weighted by Crippen LogP contribution is 2.20. The predicted octanol–water partition coefficient (Wildman–Crippen LogP) is 4.98. The lowest BCUT2D eigenvalue weighted by Gasteiger charge is -2.08. The third-order valence-electron chi connectivity index (χ3n) is 3.84. The Morgan fingerprint density at radius 3 is 1.71 bits per heavy atom. The molecule has 3 aromatic carbocycles. The van der Waals surface area contributed by atoms with Crippen LogP contribution >= 0.6 is 0 Å². The topological polar surface area (TPSA) is 38.3 Å². The van der Waals surface area contributed by atoms with E-state index in [4.69, 9.17) is 4.74 Å². The Hall–Kier alpha value is -3.07. The van der Waals surface area contributed by atoms with Crippen LogP contribution in [0.4, 0.5) is 11.4 Å². The average molecular weight is 317 g/mol. The van der Waals surface area contributed by atoms with E-state index in [0.29, 0.717) is 11.1 Å². The molecule has 0 aliphatic rings. The minimum atomic E-state index is -0.000427. The molecule has 3 aromatic rings. The van der Waals surface area contributed by atoms with E-state index in [9.17, 15) is 4.79 Å². The molecule has 0 fully saturated rings. The normalized spacial score (nSPS) is 10.2. The van der Waals surface area contributed by atoms with Crippen molar-refractivity contribution < 1.29 is 9.53 Å². The van der Waals surface area contributed by atoms with Gasteiger partial charge in [-0.15, -0.1) is 0 Å². The summed E-state index contributed by atoms with van der Waals surface area (Å²) in [6.07, 6.45) is 0. The summed E-state index contributed by atoms with van der Waals surface area (Å²) in [5.41, 5.74) is 4.51. The summed E-state index contributed by atoms with van der Waals surface area (Å²) >= 11 is 0. The Kier molecular flexibility index (Phi) is 4.62. The zero-order valence-electron chi connectivity index (χ0n) is 13.7. The van der Waals surface area contributed by atoms with Crippen LogP contribution in [-0.4, -0.2) is 12.9 Å². The van der Waals surface area contributed by atoms with Crippen LogP contribution in [0.5, 0.6) is 5.75 Å². The lowest BCUT2D eigenvalue weighted by atomic mass is 10.0. The number of carbonyl (C=O) groups excluding carboxylic acids is 1. The molecular weight excluding hydrogens is 298 g/mol. The molecule has 0 radical (unpaired) electrons. The molecule has 0 saturated heterocycles. The van der Waals surface area contributed by atoms with E-state index in [2.05, 4.69) is 24.4 Å². The van der Waals surface area contributed by atoms with Gasteiger partial charge in [-0.05, 0) is 67.6 Å². The molecule has 0 aliphatic heterocycles. The number of anilines is 2. The molecule has 0 aliphatic carbocycles. The second kappa shape index (κ2) is 7.01. The molecule has 0 spiro atoms. The maximum atomic E-state index is 12.5. The van der Waals surface area contributed by atoms with Gasteiger partial charge < -0.3 is 10.1 Å². The number of aryl methyl sites for hydroxylation is 1. The molecule has 1 N–H and O–H groups in total. The van der Waals surface area contributed by atoms with Gasteiger partial charge in [0.15, 0.2) is 5.78 Å². The summed E-state index contributed by atoms with van der Waals surface area (Å²) in [7, 11) is 1.61. The van der Waals surface area contributed by atoms with Gasteiger partial charge >= 0.3 is 0 Å². The van der Waals surface area contributed by atoms with Gasteiger partial charge in [0.2, 0.25) is 0 Å². The van der Waals surface area contributed by atoms with Crippen molar-refractivity contribution in [2.75, 3.05) is 12.4 Å². The summed E-state index contributed by atoms with van der Waals surface area (Å²) in [5, 5.41) is 3.32. The average Bonchev–Trinajstić information content (AvgIpc) is 2.64. The van der Waals surface area contributed by atoms with E-state index in [1.165, 1.54) is 5.56 Å². The van der Waals surface area contributed by atoms with E-state index in [1.807, 2.05) is 36.4 Å². The Morgan fingerprint density at radius 1 is 0.750 bits per heavy atom. The third-order valence-corrected chi connectivity index (χ3v) is 3.84. The fraction of sp³-hybridized carbons (Fsp3) is 0.0952. The van der Waals surface area contributed by atoms with Gasteiger partial charge in [-0.2, -0.15) is 0 Å². The number of ether oxygens (including phenoxy) is 1. The minimum Gasteiger partial charge on any atom is -0.497 e. The van der Waals surface area contributed by atoms with Gasteiger partial charge in [-0.1, -0.05) is 17.7 Å². The predicted molar refractivity (Wildman–Crippen MR) is 97.3 cm³/mol. The first kappa shape index (κ1) is 15.8. The zero-order valence-corrected chi connectivity index (χ0v) is 13.7. The van der Waals surface area contributed by atoms with Crippen LogP contribution in [0.25, 0.3) is 0 Å². The number of carbonyl (C=O) groups is 1. The van der Waals surface area contributed by atoms with Crippen LogP contribution in [-0.2, 0) is 0 Å². The molecule has 120 valence electrons. The van der Waals surface area contributed by atoms with Crippen molar-refractivity contribution in [2.24, 2.45) is 0 Å². The zero-order chi connectivity index (χ0) is 16.9. The quantitative estimate of drug-likeness (QED) is 0.675. The Labute approximate surface area is 141 Å². The Morgan fingerprint density at radius 2 is 1.21 bits per heavy atom. The van der Waals surface area contributed by atoms with Gasteiger partial charge in [0, 0.05) is 22.5 Å². The van der Waals surface area contributed by atoms with Crippen molar-refractivity contribution in [3.05, 3.63) is 89.5 Å². The molecule has 0 atom stereocenters. The minimum absolute atomic E-state index is 0.000427. The smallest absolute Gasteiger partial charge is 0.193 e. The van der Waals surface area contributed by atoms with Gasteiger partial charge in [0.1, 0.15) is 5.75 Å². The number of benzene rings is 3. The number of hydrogen-bond donors (Lipinski definition) is 1. The first-order valence-electron chi connectivity index (χ1n) is 7.78. The molecule has 0 saturated carbocycles. The van der Waals surface area contributed by atoms with Gasteiger partial charge in [-0.25, -0.2) is 0 Å². The van der Waals surface area contributed by atoms with Crippen LogP contribution in [0.3, 0.4) is 0 Å². The van der Waals surface area contributed by atoms with Crippen molar-refractivity contribution in [2.45, 2.75) is 6.92 Å². The molecule has 3 rings (SSSR count). The van der Waals surface area contributed by atoms with Crippen molar-refractivity contribution in [1.29, 1.82) is 0 Å². The van der Waals surface area contributed by atoms with Crippen molar-refractivity contribution in [1.82, 2.24) is 0 Å². The molecule has 0 aromatic heterocycles. The number of hydrogen-bond acceptors (Lipinski definition) is 3. The maximum absolute atomic E-state index is 12.5. The van der Waals surface area contributed by atoms with Gasteiger partial charge in [0.25, 0.3) is 0 Å². The summed E-state index contributed by atoms with van der Waals surface area (Å²) in [6, 6.07) is 22.8. The third kappa shape index (κ3) is 3.63. The lowest BCUT2D eigenvalue weighted by Crippen LogP contribution is -2.01. The first-order valence-corrected chi connectivity index (χ1v) is 7.78. The number of ketones is 1. The van der Waals surface area contributed by atoms with Crippen molar-refractivity contribution >= 4 is 17.2 Å². The highest BCUT2D eigenvalue weighted by molar-refractivity contribution is 6.09. The highest BCUT2D eigenvalue weighted by Gasteiger charge is 2.09. The second-order valence-electron chi connectivity index (χ2n) is 5.63. The largest absolute Gasteiger partial charge is 0.497 e. The molecule has 3 heteroatoms. The van der Waals surface area contributed by atoms with Gasteiger partial charge in [0.05, 0.1) is 7.11 Å². The van der Waals surface area contributed by atoms with E-state index >= 15 is 0 Å². The number of rotatable bonds is 5. The van der Waals surface area contributed by atoms with Crippen molar-refractivity contribution in [3.8, 4) is 5.75 Å². The highest BCUT2D eigenvalue weighted by atomic mass is 16.5. The van der Waals surface area contributed by atoms with Crippen LogP contribution in [0.2, 0.25) is 0 Å². The Bertz CT molecular complexity index is 819. The summed E-state index contributed by atoms with van der Waals surface area (Å²) in [5.74, 6) is 0.740. The summed E-state index contributed by atoms with van der Waals surface area (Å²) < 4.78 is 5.11. The van der Waals surface area contributed by atoms with E-state index in [1.54, 1.807) is 31.4 Å². The standard InChI is InChI=1S/C21H19NO2/c1-15-3-9-18(10-4-15)22-19-11-5-16(6-12-19)21(23)17-7-13-20(24-2)14-8-17/h3-14,22H,1-2H3. The number of nitrogens with one attached hydrogen (secondary N) is 1. The second-order valence-corrected chi connectivity index (χ2v) is 5.63. The maximum Gasteiger partial charge on any atom is 0.193 e. The van der Waals surface area contributed by atoms with E-state index in [-0.39, 0.29) is 5.78 Å². The van der Waals surface area contributed by atoms with E-state index < -0.39 is 0 Å². The molecule has 3 nitrogen and oxygen atoms in total. The van der Waals surface area contributed by atoms with E-state index in [0.717, 1.165) is 17.1 Å². The summed E-state index contributed by atoms with van der Waals surface area (Å²) in [6.45, 7) is 2.06. The molecule has 0 bridgehead atoms. The Balaban J connectivity index is 1.73.